The Labute approximate surface area is 139 Å². The molecule has 0 radical (unpaired) electrons. The summed E-state index contributed by atoms with van der Waals surface area (Å²) >= 11 is 0. The number of phenolic OH excluding ortho intramolecular Hbond substituents is 2. The van der Waals surface area contributed by atoms with Crippen molar-refractivity contribution in [1.29, 1.82) is 0 Å². The predicted octanol–water partition coefficient (Wildman–Crippen LogP) is 2.64. The standard InChI is InChI=1S/C18H30N2O3/c1-18(2,3)19-8-4-5-15(20-9-11-23-12-10-20)14-6-7-16(21)17(22)13-14/h6-7,13,15,19,21-22H,4-5,8-12H2,1-3H3. The maximum atomic E-state index is 9.82. The lowest BCUT2D eigenvalue weighted by Gasteiger charge is -2.35. The summed E-state index contributed by atoms with van der Waals surface area (Å²) in [5.74, 6) is -0.113. The zero-order chi connectivity index (χ0) is 16.9. The molecule has 0 aromatic heterocycles. The highest BCUT2D eigenvalue weighted by Gasteiger charge is 2.23. The summed E-state index contributed by atoms with van der Waals surface area (Å²) in [7, 11) is 0. The zero-order valence-electron chi connectivity index (χ0n) is 14.5. The molecule has 1 unspecified atom stereocenters. The van der Waals surface area contributed by atoms with Crippen LogP contribution in [0.3, 0.4) is 0 Å². The fourth-order valence-corrected chi connectivity index (χ4v) is 2.96. The van der Waals surface area contributed by atoms with Gasteiger partial charge in [0, 0.05) is 24.7 Å². The first kappa shape index (κ1) is 18.0. The van der Waals surface area contributed by atoms with E-state index in [1.165, 1.54) is 0 Å². The number of phenols is 2. The number of rotatable bonds is 6. The normalized spacial score (nSPS) is 18.0. The van der Waals surface area contributed by atoms with Gasteiger partial charge >= 0.3 is 0 Å². The molecule has 1 aromatic rings. The van der Waals surface area contributed by atoms with Gasteiger partial charge in [-0.3, -0.25) is 4.90 Å². The molecule has 0 bridgehead atoms. The smallest absolute Gasteiger partial charge is 0.157 e. The fourth-order valence-electron chi connectivity index (χ4n) is 2.96. The molecular weight excluding hydrogens is 292 g/mol. The average molecular weight is 322 g/mol. The SMILES string of the molecule is CC(C)(C)NCCCC(c1ccc(O)c(O)c1)N1CCOCC1. The summed E-state index contributed by atoms with van der Waals surface area (Å²) in [6.07, 6.45) is 2.06. The van der Waals surface area contributed by atoms with Crippen LogP contribution in [-0.4, -0.2) is 53.5 Å². The molecule has 0 aliphatic carbocycles. The Morgan fingerprint density at radius 2 is 1.87 bits per heavy atom. The predicted molar refractivity (Wildman–Crippen MR) is 91.9 cm³/mol. The van der Waals surface area contributed by atoms with Crippen molar-refractivity contribution < 1.29 is 14.9 Å². The van der Waals surface area contributed by atoms with Crippen molar-refractivity contribution in [3.05, 3.63) is 23.8 Å². The van der Waals surface area contributed by atoms with Gasteiger partial charge in [0.15, 0.2) is 11.5 Å². The van der Waals surface area contributed by atoms with Gasteiger partial charge in [-0.15, -0.1) is 0 Å². The van der Waals surface area contributed by atoms with Gasteiger partial charge < -0.3 is 20.3 Å². The average Bonchev–Trinajstić information content (AvgIpc) is 2.50. The number of nitrogens with one attached hydrogen (secondary N) is 1. The number of benzene rings is 1. The third-order valence-corrected chi connectivity index (χ3v) is 4.18. The van der Waals surface area contributed by atoms with E-state index in [0.717, 1.165) is 51.3 Å². The molecule has 130 valence electrons. The van der Waals surface area contributed by atoms with E-state index in [1.807, 2.05) is 6.07 Å². The molecule has 5 nitrogen and oxygen atoms in total. The second-order valence-corrected chi connectivity index (χ2v) is 7.23. The Morgan fingerprint density at radius 1 is 1.17 bits per heavy atom. The van der Waals surface area contributed by atoms with Crippen molar-refractivity contribution in [2.45, 2.75) is 45.2 Å². The van der Waals surface area contributed by atoms with E-state index < -0.39 is 0 Å². The summed E-state index contributed by atoms with van der Waals surface area (Å²) in [6.45, 7) is 10.8. The van der Waals surface area contributed by atoms with E-state index in [4.69, 9.17) is 4.74 Å². The van der Waals surface area contributed by atoms with E-state index in [-0.39, 0.29) is 23.1 Å². The number of aromatic hydroxyl groups is 2. The van der Waals surface area contributed by atoms with Gasteiger partial charge in [-0.1, -0.05) is 6.07 Å². The van der Waals surface area contributed by atoms with Crippen LogP contribution in [0.5, 0.6) is 11.5 Å². The summed E-state index contributed by atoms with van der Waals surface area (Å²) in [6, 6.07) is 5.41. The van der Waals surface area contributed by atoms with E-state index in [0.29, 0.717) is 0 Å². The molecule has 0 saturated carbocycles. The van der Waals surface area contributed by atoms with E-state index in [9.17, 15) is 10.2 Å². The van der Waals surface area contributed by atoms with Gasteiger partial charge in [-0.2, -0.15) is 0 Å². The van der Waals surface area contributed by atoms with E-state index >= 15 is 0 Å². The van der Waals surface area contributed by atoms with Crippen molar-refractivity contribution in [2.24, 2.45) is 0 Å². The molecule has 0 spiro atoms. The summed E-state index contributed by atoms with van der Waals surface area (Å²) < 4.78 is 5.46. The minimum atomic E-state index is -0.0659. The maximum absolute atomic E-state index is 9.82. The zero-order valence-corrected chi connectivity index (χ0v) is 14.5. The summed E-state index contributed by atoms with van der Waals surface area (Å²) in [5.41, 5.74) is 1.18. The molecule has 1 saturated heterocycles. The Balaban J connectivity index is 2.03. The number of nitrogens with zero attached hydrogens (tertiary/aromatic N) is 1. The minimum absolute atomic E-state index is 0.0476. The van der Waals surface area contributed by atoms with Crippen LogP contribution >= 0.6 is 0 Å². The molecule has 23 heavy (non-hydrogen) atoms. The topological polar surface area (TPSA) is 65.0 Å². The third-order valence-electron chi connectivity index (χ3n) is 4.18. The molecule has 1 fully saturated rings. The number of hydrogen-bond acceptors (Lipinski definition) is 5. The molecule has 3 N–H and O–H groups in total. The van der Waals surface area contributed by atoms with Crippen molar-refractivity contribution in [1.82, 2.24) is 10.2 Å². The van der Waals surface area contributed by atoms with Crippen LogP contribution in [-0.2, 0) is 4.74 Å². The van der Waals surface area contributed by atoms with Crippen LogP contribution in [0.4, 0.5) is 0 Å². The van der Waals surface area contributed by atoms with Crippen molar-refractivity contribution in [3.63, 3.8) is 0 Å². The minimum Gasteiger partial charge on any atom is -0.504 e. The maximum Gasteiger partial charge on any atom is 0.157 e. The Kier molecular flexibility index (Phi) is 6.27. The van der Waals surface area contributed by atoms with Crippen molar-refractivity contribution >= 4 is 0 Å². The Hall–Kier alpha value is -1.30. The summed E-state index contributed by atoms with van der Waals surface area (Å²) in [5, 5.41) is 22.9. The van der Waals surface area contributed by atoms with Crippen molar-refractivity contribution in [3.8, 4) is 11.5 Å². The van der Waals surface area contributed by atoms with Crippen LogP contribution in [0.2, 0.25) is 0 Å². The van der Waals surface area contributed by atoms with Crippen LogP contribution in [0.15, 0.2) is 18.2 Å². The molecular formula is C18H30N2O3. The van der Waals surface area contributed by atoms with E-state index in [2.05, 4.69) is 31.0 Å². The van der Waals surface area contributed by atoms with Crippen LogP contribution < -0.4 is 5.32 Å². The molecule has 1 atom stereocenters. The van der Waals surface area contributed by atoms with E-state index in [1.54, 1.807) is 12.1 Å². The van der Waals surface area contributed by atoms with Crippen LogP contribution in [0.25, 0.3) is 0 Å². The lowest BCUT2D eigenvalue weighted by molar-refractivity contribution is 0.0137. The van der Waals surface area contributed by atoms with Gasteiger partial charge in [0.05, 0.1) is 13.2 Å². The number of morpholine rings is 1. The molecule has 0 amide bonds. The highest BCUT2D eigenvalue weighted by Crippen LogP contribution is 2.32. The first-order chi connectivity index (χ1) is 10.9. The Morgan fingerprint density at radius 3 is 2.48 bits per heavy atom. The molecule has 5 heteroatoms. The highest BCUT2D eigenvalue weighted by molar-refractivity contribution is 5.41. The highest BCUT2D eigenvalue weighted by atomic mass is 16.5. The van der Waals surface area contributed by atoms with Gasteiger partial charge in [-0.05, 0) is 57.9 Å². The first-order valence-electron chi connectivity index (χ1n) is 8.45. The monoisotopic (exact) mass is 322 g/mol. The second-order valence-electron chi connectivity index (χ2n) is 7.23. The largest absolute Gasteiger partial charge is 0.504 e. The lowest BCUT2D eigenvalue weighted by atomic mass is 9.98. The molecule has 1 aliphatic rings. The van der Waals surface area contributed by atoms with Gasteiger partial charge in [-0.25, -0.2) is 0 Å². The summed E-state index contributed by atoms with van der Waals surface area (Å²) in [4.78, 5) is 2.41. The van der Waals surface area contributed by atoms with Crippen LogP contribution in [0.1, 0.15) is 45.2 Å². The molecule has 1 aromatic carbocycles. The Bertz CT molecular complexity index is 494. The lowest BCUT2D eigenvalue weighted by Crippen LogP contribution is -2.40. The number of hydrogen-bond donors (Lipinski definition) is 3. The number of ether oxygens (including phenoxy) is 1. The fraction of sp³-hybridized carbons (Fsp3) is 0.667. The molecule has 2 rings (SSSR count). The van der Waals surface area contributed by atoms with Gasteiger partial charge in [0.1, 0.15) is 0 Å². The first-order valence-corrected chi connectivity index (χ1v) is 8.45. The quantitative estimate of drug-likeness (QED) is 0.555. The van der Waals surface area contributed by atoms with Gasteiger partial charge in [0.25, 0.3) is 0 Å². The second kappa shape index (κ2) is 7.99. The van der Waals surface area contributed by atoms with Crippen molar-refractivity contribution in [2.75, 3.05) is 32.8 Å². The third kappa shape index (κ3) is 5.68. The molecule has 1 aliphatic heterocycles. The van der Waals surface area contributed by atoms with Gasteiger partial charge in [0.2, 0.25) is 0 Å². The molecule has 1 heterocycles. The van der Waals surface area contributed by atoms with Crippen LogP contribution in [0, 0.1) is 0 Å².